The first-order chi connectivity index (χ1) is 11.6. The zero-order chi connectivity index (χ0) is 16.9. The van der Waals surface area contributed by atoms with Gasteiger partial charge in [0.25, 0.3) is 5.91 Å². The number of nitrogens with zero attached hydrogens (tertiary/aromatic N) is 2. The molecule has 1 amide bonds. The molecule has 0 aliphatic heterocycles. The number of aromatic nitrogens is 2. The Balaban J connectivity index is 1.59. The SMILES string of the molecule is Cc1cccc(OCc2nnc(NC(=O)c3ccc(Cl)cc3)s2)c1. The van der Waals surface area contributed by atoms with Crippen LogP contribution in [0, 0.1) is 6.92 Å². The van der Waals surface area contributed by atoms with E-state index in [4.69, 9.17) is 16.3 Å². The summed E-state index contributed by atoms with van der Waals surface area (Å²) in [5, 5.41) is 12.4. The first kappa shape index (κ1) is 16.4. The Kier molecular flexibility index (Phi) is 5.08. The van der Waals surface area contributed by atoms with Gasteiger partial charge in [-0.25, -0.2) is 0 Å². The molecule has 3 rings (SSSR count). The molecule has 122 valence electrons. The topological polar surface area (TPSA) is 64.1 Å². The van der Waals surface area contributed by atoms with Gasteiger partial charge in [-0.15, -0.1) is 10.2 Å². The Hall–Kier alpha value is -2.44. The second-order valence-electron chi connectivity index (χ2n) is 5.07. The highest BCUT2D eigenvalue weighted by molar-refractivity contribution is 7.15. The van der Waals surface area contributed by atoms with E-state index >= 15 is 0 Å². The minimum Gasteiger partial charge on any atom is -0.486 e. The number of amides is 1. The summed E-state index contributed by atoms with van der Waals surface area (Å²) in [6, 6.07) is 14.4. The molecule has 3 aromatic rings. The fourth-order valence-corrected chi connectivity index (χ4v) is 2.76. The Labute approximate surface area is 148 Å². The molecule has 2 aromatic carbocycles. The van der Waals surface area contributed by atoms with Crippen molar-refractivity contribution in [2.75, 3.05) is 5.32 Å². The van der Waals surface area contributed by atoms with Crippen molar-refractivity contribution >= 4 is 34.0 Å². The van der Waals surface area contributed by atoms with Gasteiger partial charge in [0.05, 0.1) is 0 Å². The van der Waals surface area contributed by atoms with Gasteiger partial charge < -0.3 is 4.74 Å². The van der Waals surface area contributed by atoms with Gasteiger partial charge in [0.15, 0.2) is 5.01 Å². The molecule has 7 heteroatoms. The normalized spacial score (nSPS) is 10.4. The minimum absolute atomic E-state index is 0.256. The third-order valence-corrected chi connectivity index (χ3v) is 4.21. The van der Waals surface area contributed by atoms with Crippen molar-refractivity contribution in [3.05, 3.63) is 69.7 Å². The lowest BCUT2D eigenvalue weighted by Crippen LogP contribution is -2.11. The molecule has 0 aliphatic rings. The van der Waals surface area contributed by atoms with E-state index in [1.54, 1.807) is 24.3 Å². The van der Waals surface area contributed by atoms with Crippen molar-refractivity contribution in [1.29, 1.82) is 0 Å². The van der Waals surface area contributed by atoms with E-state index in [2.05, 4.69) is 15.5 Å². The lowest BCUT2D eigenvalue weighted by Gasteiger charge is -2.03. The van der Waals surface area contributed by atoms with Crippen LogP contribution in [0.1, 0.15) is 20.9 Å². The molecule has 0 spiro atoms. The average molecular weight is 360 g/mol. The van der Waals surface area contributed by atoms with Crippen LogP contribution < -0.4 is 10.1 Å². The summed E-state index contributed by atoms with van der Waals surface area (Å²) in [4.78, 5) is 12.1. The Morgan fingerprint density at radius 1 is 1.21 bits per heavy atom. The number of benzene rings is 2. The number of anilines is 1. The summed E-state index contributed by atoms with van der Waals surface area (Å²) < 4.78 is 5.67. The largest absolute Gasteiger partial charge is 0.486 e. The summed E-state index contributed by atoms with van der Waals surface area (Å²) in [5.41, 5.74) is 1.63. The van der Waals surface area contributed by atoms with E-state index < -0.39 is 0 Å². The zero-order valence-electron chi connectivity index (χ0n) is 12.8. The number of aryl methyl sites for hydroxylation is 1. The number of ether oxygens (including phenoxy) is 1. The van der Waals surface area contributed by atoms with E-state index in [0.717, 1.165) is 11.3 Å². The van der Waals surface area contributed by atoms with Gasteiger partial charge in [0, 0.05) is 10.6 Å². The van der Waals surface area contributed by atoms with E-state index in [-0.39, 0.29) is 5.91 Å². The van der Waals surface area contributed by atoms with E-state index in [0.29, 0.717) is 27.3 Å². The highest BCUT2D eigenvalue weighted by Gasteiger charge is 2.10. The molecule has 1 N–H and O–H groups in total. The molecule has 1 heterocycles. The summed E-state index contributed by atoms with van der Waals surface area (Å²) >= 11 is 7.09. The lowest BCUT2D eigenvalue weighted by atomic mass is 10.2. The molecule has 0 saturated heterocycles. The Morgan fingerprint density at radius 3 is 2.75 bits per heavy atom. The van der Waals surface area contributed by atoms with Crippen LogP contribution in [-0.2, 0) is 6.61 Å². The van der Waals surface area contributed by atoms with Crippen LogP contribution in [0.3, 0.4) is 0 Å². The molecule has 0 atom stereocenters. The van der Waals surface area contributed by atoms with Crippen molar-refractivity contribution in [2.24, 2.45) is 0 Å². The average Bonchev–Trinajstić information content (AvgIpc) is 3.01. The molecular weight excluding hydrogens is 346 g/mol. The zero-order valence-corrected chi connectivity index (χ0v) is 14.4. The number of hydrogen-bond donors (Lipinski definition) is 1. The molecule has 0 fully saturated rings. The van der Waals surface area contributed by atoms with Gasteiger partial charge in [-0.3, -0.25) is 10.1 Å². The number of nitrogens with one attached hydrogen (secondary N) is 1. The molecule has 0 bridgehead atoms. The predicted octanol–water partition coefficient (Wildman–Crippen LogP) is 4.33. The van der Waals surface area contributed by atoms with Crippen LogP contribution in [0.25, 0.3) is 0 Å². The summed E-state index contributed by atoms with van der Waals surface area (Å²) in [7, 11) is 0. The third kappa shape index (κ3) is 4.31. The fourth-order valence-electron chi connectivity index (χ4n) is 1.98. The molecule has 5 nitrogen and oxygen atoms in total. The monoisotopic (exact) mass is 359 g/mol. The summed E-state index contributed by atoms with van der Waals surface area (Å²) in [5.74, 6) is 0.519. The standard InChI is InChI=1S/C17H14ClN3O2S/c1-11-3-2-4-14(9-11)23-10-15-20-21-17(24-15)19-16(22)12-5-7-13(18)8-6-12/h2-9H,10H2,1H3,(H,19,21,22). The van der Waals surface area contributed by atoms with Crippen LogP contribution in [0.4, 0.5) is 5.13 Å². The van der Waals surface area contributed by atoms with Gasteiger partial charge >= 0.3 is 0 Å². The fraction of sp³-hybridized carbons (Fsp3) is 0.118. The minimum atomic E-state index is -0.256. The van der Waals surface area contributed by atoms with Gasteiger partial charge in [0.1, 0.15) is 12.4 Å². The first-order valence-electron chi connectivity index (χ1n) is 7.19. The quantitative estimate of drug-likeness (QED) is 0.736. The smallest absolute Gasteiger partial charge is 0.257 e. The van der Waals surface area contributed by atoms with Crippen molar-refractivity contribution in [1.82, 2.24) is 10.2 Å². The highest BCUT2D eigenvalue weighted by atomic mass is 35.5. The second kappa shape index (κ2) is 7.42. The van der Waals surface area contributed by atoms with Gasteiger partial charge in [0.2, 0.25) is 5.13 Å². The number of rotatable bonds is 5. The molecule has 0 aliphatic carbocycles. The Morgan fingerprint density at radius 2 is 2.00 bits per heavy atom. The second-order valence-corrected chi connectivity index (χ2v) is 6.57. The van der Waals surface area contributed by atoms with E-state index in [1.807, 2.05) is 31.2 Å². The number of carbonyl (C=O) groups is 1. The maximum atomic E-state index is 12.1. The van der Waals surface area contributed by atoms with Crippen LogP contribution >= 0.6 is 22.9 Å². The number of carbonyl (C=O) groups excluding carboxylic acids is 1. The third-order valence-electron chi connectivity index (χ3n) is 3.15. The predicted molar refractivity (Wildman–Crippen MR) is 94.8 cm³/mol. The first-order valence-corrected chi connectivity index (χ1v) is 8.38. The van der Waals surface area contributed by atoms with Crippen LogP contribution in [-0.4, -0.2) is 16.1 Å². The van der Waals surface area contributed by atoms with Gasteiger partial charge in [-0.05, 0) is 48.9 Å². The van der Waals surface area contributed by atoms with Crippen LogP contribution in [0.2, 0.25) is 5.02 Å². The van der Waals surface area contributed by atoms with Crippen molar-refractivity contribution in [3.63, 3.8) is 0 Å². The van der Waals surface area contributed by atoms with Crippen molar-refractivity contribution < 1.29 is 9.53 Å². The van der Waals surface area contributed by atoms with E-state index in [1.165, 1.54) is 11.3 Å². The van der Waals surface area contributed by atoms with Gasteiger partial charge in [-0.2, -0.15) is 0 Å². The molecular formula is C17H14ClN3O2S. The maximum Gasteiger partial charge on any atom is 0.257 e. The van der Waals surface area contributed by atoms with Crippen molar-refractivity contribution in [3.8, 4) is 5.75 Å². The summed E-state index contributed by atoms with van der Waals surface area (Å²) in [6.07, 6.45) is 0. The molecule has 1 aromatic heterocycles. The molecule has 0 unspecified atom stereocenters. The number of halogens is 1. The van der Waals surface area contributed by atoms with Crippen LogP contribution in [0.15, 0.2) is 48.5 Å². The van der Waals surface area contributed by atoms with Crippen LogP contribution in [0.5, 0.6) is 5.75 Å². The summed E-state index contributed by atoms with van der Waals surface area (Å²) in [6.45, 7) is 2.31. The van der Waals surface area contributed by atoms with Crippen molar-refractivity contribution in [2.45, 2.75) is 13.5 Å². The Bertz CT molecular complexity index is 849. The molecule has 0 saturated carbocycles. The lowest BCUT2D eigenvalue weighted by molar-refractivity contribution is 0.102. The van der Waals surface area contributed by atoms with Gasteiger partial charge in [-0.1, -0.05) is 35.1 Å². The molecule has 24 heavy (non-hydrogen) atoms. The maximum absolute atomic E-state index is 12.1. The molecule has 0 radical (unpaired) electrons. The number of hydrogen-bond acceptors (Lipinski definition) is 5. The highest BCUT2D eigenvalue weighted by Crippen LogP contribution is 2.20. The van der Waals surface area contributed by atoms with E-state index in [9.17, 15) is 4.79 Å².